The van der Waals surface area contributed by atoms with Crippen LogP contribution >= 0.6 is 0 Å². The standard InChI is InChI=1S/C14H16FN3O4/c15-11-4-3-9(18-7-6-17-14(18)22)8-10(11)13(21)16-5-1-2-12(19)20/h3-4,8H,1-2,5-7H2,(H,16,21)(H,17,22)(H,19,20). The summed E-state index contributed by atoms with van der Waals surface area (Å²) in [6, 6.07) is 3.58. The quantitative estimate of drug-likeness (QED) is 0.681. The zero-order valence-corrected chi connectivity index (χ0v) is 11.8. The molecule has 0 radical (unpaired) electrons. The van der Waals surface area contributed by atoms with Crippen LogP contribution in [0.25, 0.3) is 0 Å². The highest BCUT2D eigenvalue weighted by Crippen LogP contribution is 2.20. The third-order valence-electron chi connectivity index (χ3n) is 3.22. The molecule has 8 heteroatoms. The Morgan fingerprint density at radius 2 is 2.18 bits per heavy atom. The monoisotopic (exact) mass is 309 g/mol. The fourth-order valence-corrected chi connectivity index (χ4v) is 2.11. The van der Waals surface area contributed by atoms with E-state index >= 15 is 0 Å². The molecule has 0 atom stereocenters. The van der Waals surface area contributed by atoms with Gasteiger partial charge in [0, 0.05) is 31.7 Å². The molecule has 0 bridgehead atoms. The summed E-state index contributed by atoms with van der Waals surface area (Å²) >= 11 is 0. The molecule has 1 aromatic rings. The summed E-state index contributed by atoms with van der Waals surface area (Å²) in [6.45, 7) is 1.08. The average molecular weight is 309 g/mol. The van der Waals surface area contributed by atoms with E-state index in [4.69, 9.17) is 5.11 Å². The first-order valence-corrected chi connectivity index (χ1v) is 6.84. The molecule has 0 saturated carbocycles. The van der Waals surface area contributed by atoms with Crippen LogP contribution in [0.5, 0.6) is 0 Å². The topological polar surface area (TPSA) is 98.7 Å². The van der Waals surface area contributed by atoms with E-state index in [1.807, 2.05) is 0 Å². The smallest absolute Gasteiger partial charge is 0.321 e. The molecule has 0 unspecified atom stereocenters. The molecule has 1 aliphatic rings. The molecule has 0 aliphatic carbocycles. The van der Waals surface area contributed by atoms with Crippen LogP contribution < -0.4 is 15.5 Å². The molecule has 1 aromatic carbocycles. The maximum Gasteiger partial charge on any atom is 0.321 e. The number of aliphatic carboxylic acids is 1. The number of carbonyl (C=O) groups is 3. The Bertz CT molecular complexity index is 606. The molecule has 0 spiro atoms. The van der Waals surface area contributed by atoms with Gasteiger partial charge in [-0.25, -0.2) is 9.18 Å². The van der Waals surface area contributed by atoms with Crippen molar-refractivity contribution in [2.75, 3.05) is 24.5 Å². The maximum absolute atomic E-state index is 13.8. The summed E-state index contributed by atoms with van der Waals surface area (Å²) in [7, 11) is 0. The lowest BCUT2D eigenvalue weighted by molar-refractivity contribution is -0.137. The van der Waals surface area contributed by atoms with Crippen molar-refractivity contribution in [2.45, 2.75) is 12.8 Å². The second kappa shape index (κ2) is 6.88. The van der Waals surface area contributed by atoms with Gasteiger partial charge >= 0.3 is 12.0 Å². The van der Waals surface area contributed by atoms with Crippen LogP contribution in [0.3, 0.4) is 0 Å². The number of amides is 3. The molecule has 1 saturated heterocycles. The number of hydrogen-bond acceptors (Lipinski definition) is 3. The lowest BCUT2D eigenvalue weighted by Gasteiger charge is -2.15. The minimum absolute atomic E-state index is 0.0727. The number of carboxylic acid groups (broad SMARTS) is 1. The first kappa shape index (κ1) is 15.7. The van der Waals surface area contributed by atoms with Crippen molar-refractivity contribution in [3.05, 3.63) is 29.6 Å². The minimum Gasteiger partial charge on any atom is -0.481 e. The van der Waals surface area contributed by atoms with Crippen molar-refractivity contribution in [3.8, 4) is 0 Å². The van der Waals surface area contributed by atoms with Crippen molar-refractivity contribution in [2.24, 2.45) is 0 Å². The van der Waals surface area contributed by atoms with Crippen LogP contribution in [0, 0.1) is 5.82 Å². The maximum atomic E-state index is 13.8. The zero-order valence-electron chi connectivity index (χ0n) is 11.8. The summed E-state index contributed by atoms with van der Waals surface area (Å²) in [5.74, 6) is -2.29. The van der Waals surface area contributed by atoms with E-state index in [1.165, 1.54) is 17.0 Å². The largest absolute Gasteiger partial charge is 0.481 e. The summed E-state index contributed by atoms with van der Waals surface area (Å²) in [5.41, 5.74) is 0.264. The summed E-state index contributed by atoms with van der Waals surface area (Å²) < 4.78 is 13.8. The molecular formula is C14H16FN3O4. The Hall–Kier alpha value is -2.64. The lowest BCUT2D eigenvalue weighted by Crippen LogP contribution is -2.29. The number of anilines is 1. The van der Waals surface area contributed by atoms with Gasteiger partial charge in [-0.3, -0.25) is 14.5 Å². The molecule has 118 valence electrons. The van der Waals surface area contributed by atoms with E-state index in [0.717, 1.165) is 6.07 Å². The van der Waals surface area contributed by atoms with E-state index in [0.29, 0.717) is 18.8 Å². The van der Waals surface area contributed by atoms with Gasteiger partial charge in [0.1, 0.15) is 5.82 Å². The first-order valence-electron chi connectivity index (χ1n) is 6.84. The number of halogens is 1. The van der Waals surface area contributed by atoms with Gasteiger partial charge in [-0.1, -0.05) is 0 Å². The first-order chi connectivity index (χ1) is 10.5. The molecule has 7 nitrogen and oxygen atoms in total. The van der Waals surface area contributed by atoms with Crippen molar-refractivity contribution < 1.29 is 23.9 Å². The number of hydrogen-bond donors (Lipinski definition) is 3. The SMILES string of the molecule is O=C(O)CCCNC(=O)c1cc(N2CCNC2=O)ccc1F. The van der Waals surface area contributed by atoms with Gasteiger partial charge in [0.05, 0.1) is 5.56 Å². The molecule has 1 fully saturated rings. The Morgan fingerprint density at radius 1 is 1.41 bits per heavy atom. The number of rotatable bonds is 6. The third-order valence-corrected chi connectivity index (χ3v) is 3.22. The Balaban J connectivity index is 2.04. The van der Waals surface area contributed by atoms with Crippen LogP contribution in [0.2, 0.25) is 0 Å². The number of carboxylic acids is 1. The fraction of sp³-hybridized carbons (Fsp3) is 0.357. The molecule has 22 heavy (non-hydrogen) atoms. The fourth-order valence-electron chi connectivity index (χ4n) is 2.11. The number of urea groups is 1. The Kier molecular flexibility index (Phi) is 4.92. The highest BCUT2D eigenvalue weighted by atomic mass is 19.1. The number of benzene rings is 1. The van der Waals surface area contributed by atoms with E-state index < -0.39 is 17.7 Å². The zero-order chi connectivity index (χ0) is 16.1. The van der Waals surface area contributed by atoms with Crippen LogP contribution in [0.4, 0.5) is 14.9 Å². The minimum atomic E-state index is -0.956. The van der Waals surface area contributed by atoms with Crippen molar-refractivity contribution in [1.82, 2.24) is 10.6 Å². The van der Waals surface area contributed by atoms with Crippen molar-refractivity contribution in [3.63, 3.8) is 0 Å². The predicted molar refractivity (Wildman–Crippen MR) is 76.3 cm³/mol. The predicted octanol–water partition coefficient (Wildman–Crippen LogP) is 0.950. The second-order valence-electron chi connectivity index (χ2n) is 4.80. The molecule has 1 aliphatic heterocycles. The van der Waals surface area contributed by atoms with Crippen LogP contribution in [-0.2, 0) is 4.79 Å². The van der Waals surface area contributed by atoms with Crippen molar-refractivity contribution >= 4 is 23.6 Å². The lowest BCUT2D eigenvalue weighted by atomic mass is 10.1. The van der Waals surface area contributed by atoms with Gasteiger partial charge in [-0.05, 0) is 24.6 Å². The van der Waals surface area contributed by atoms with Gasteiger partial charge < -0.3 is 15.7 Å². The van der Waals surface area contributed by atoms with Crippen LogP contribution in [0.15, 0.2) is 18.2 Å². The van der Waals surface area contributed by atoms with Gasteiger partial charge in [-0.2, -0.15) is 0 Å². The summed E-state index contributed by atoms with van der Waals surface area (Å²) in [6.07, 6.45) is 0.188. The normalized spacial score (nSPS) is 13.9. The second-order valence-corrected chi connectivity index (χ2v) is 4.80. The highest BCUT2D eigenvalue weighted by Gasteiger charge is 2.23. The van der Waals surface area contributed by atoms with E-state index in [9.17, 15) is 18.8 Å². The Morgan fingerprint density at radius 3 is 2.82 bits per heavy atom. The highest BCUT2D eigenvalue weighted by molar-refractivity contribution is 5.98. The van der Waals surface area contributed by atoms with Gasteiger partial charge in [0.2, 0.25) is 0 Å². The molecule has 2 rings (SSSR count). The molecular weight excluding hydrogens is 293 g/mol. The van der Waals surface area contributed by atoms with E-state index in [-0.39, 0.29) is 31.0 Å². The van der Waals surface area contributed by atoms with Crippen molar-refractivity contribution in [1.29, 1.82) is 0 Å². The number of carbonyl (C=O) groups excluding carboxylic acids is 2. The van der Waals surface area contributed by atoms with Gasteiger partial charge in [0.15, 0.2) is 0 Å². The van der Waals surface area contributed by atoms with Gasteiger partial charge in [0.25, 0.3) is 5.91 Å². The molecule has 1 heterocycles. The summed E-state index contributed by atoms with van der Waals surface area (Å²) in [5, 5.41) is 13.6. The number of nitrogens with zero attached hydrogens (tertiary/aromatic N) is 1. The van der Waals surface area contributed by atoms with E-state index in [1.54, 1.807) is 0 Å². The molecule has 0 aromatic heterocycles. The molecule has 3 N–H and O–H groups in total. The van der Waals surface area contributed by atoms with Gasteiger partial charge in [-0.15, -0.1) is 0 Å². The average Bonchev–Trinajstić information content (AvgIpc) is 2.90. The summed E-state index contributed by atoms with van der Waals surface area (Å²) in [4.78, 5) is 35.3. The molecule has 3 amide bonds. The third kappa shape index (κ3) is 3.72. The number of nitrogens with one attached hydrogen (secondary N) is 2. The van der Waals surface area contributed by atoms with E-state index in [2.05, 4.69) is 10.6 Å². The van der Waals surface area contributed by atoms with Crippen LogP contribution in [0.1, 0.15) is 23.2 Å². The van der Waals surface area contributed by atoms with Crippen LogP contribution in [-0.4, -0.2) is 42.6 Å². The Labute approximate surface area is 126 Å².